The van der Waals surface area contributed by atoms with E-state index in [1.54, 1.807) is 0 Å². The van der Waals surface area contributed by atoms with Gasteiger partial charge in [0.25, 0.3) is 0 Å². The molecule has 1 aromatic heterocycles. The van der Waals surface area contributed by atoms with Gasteiger partial charge in [-0.05, 0) is 31.0 Å². The SMILES string of the molecule is COC(=O)[C@H](Cc1c[nH]c2ccccc12)NCC(NC(=O)OCc1ccccc1)=C(C)C. The molecule has 7 heteroatoms. The second kappa shape index (κ2) is 11.2. The number of allylic oxidation sites excluding steroid dienone is 1. The van der Waals surface area contributed by atoms with E-state index in [1.807, 2.05) is 74.6 Å². The summed E-state index contributed by atoms with van der Waals surface area (Å²) in [6, 6.07) is 16.8. The van der Waals surface area contributed by atoms with Gasteiger partial charge < -0.3 is 14.5 Å². The summed E-state index contributed by atoms with van der Waals surface area (Å²) in [6.07, 6.45) is 1.81. The Bertz CT molecular complexity index is 1080. The lowest BCUT2D eigenvalue weighted by molar-refractivity contribution is -0.143. The number of H-pyrrole nitrogens is 1. The molecule has 1 amide bonds. The van der Waals surface area contributed by atoms with Crippen molar-refractivity contribution in [2.45, 2.75) is 32.9 Å². The molecule has 0 bridgehead atoms. The van der Waals surface area contributed by atoms with Gasteiger partial charge in [0.05, 0.1) is 7.11 Å². The number of carbonyl (C=O) groups excluding carboxylic acids is 2. The van der Waals surface area contributed by atoms with Crippen LogP contribution in [0.15, 0.2) is 72.1 Å². The Morgan fingerprint density at radius 2 is 1.75 bits per heavy atom. The van der Waals surface area contributed by atoms with Gasteiger partial charge in [0.15, 0.2) is 0 Å². The van der Waals surface area contributed by atoms with Gasteiger partial charge in [0.1, 0.15) is 12.6 Å². The molecule has 168 valence electrons. The quantitative estimate of drug-likeness (QED) is 0.441. The van der Waals surface area contributed by atoms with Crippen LogP contribution in [-0.4, -0.2) is 36.7 Å². The minimum Gasteiger partial charge on any atom is -0.468 e. The van der Waals surface area contributed by atoms with Gasteiger partial charge in [0, 0.05) is 35.8 Å². The first-order valence-electron chi connectivity index (χ1n) is 10.5. The third kappa shape index (κ3) is 6.21. The molecule has 0 saturated carbocycles. The van der Waals surface area contributed by atoms with Crippen LogP contribution in [0.4, 0.5) is 4.79 Å². The highest BCUT2D eigenvalue weighted by molar-refractivity contribution is 5.84. The minimum atomic E-state index is -0.573. The Kier molecular flexibility index (Phi) is 8.05. The van der Waals surface area contributed by atoms with Crippen LogP contribution in [0.5, 0.6) is 0 Å². The zero-order valence-corrected chi connectivity index (χ0v) is 18.6. The molecule has 3 rings (SSSR count). The first-order chi connectivity index (χ1) is 15.5. The summed E-state index contributed by atoms with van der Waals surface area (Å²) in [5.41, 5.74) is 4.49. The van der Waals surface area contributed by atoms with Crippen molar-refractivity contribution in [3.05, 3.63) is 83.2 Å². The highest BCUT2D eigenvalue weighted by Gasteiger charge is 2.22. The van der Waals surface area contributed by atoms with E-state index in [1.165, 1.54) is 7.11 Å². The summed E-state index contributed by atoms with van der Waals surface area (Å²) in [5, 5.41) is 7.07. The Morgan fingerprint density at radius 3 is 2.47 bits per heavy atom. The maximum absolute atomic E-state index is 12.4. The third-order valence-electron chi connectivity index (χ3n) is 5.18. The van der Waals surface area contributed by atoms with Gasteiger partial charge in [0.2, 0.25) is 0 Å². The van der Waals surface area contributed by atoms with Crippen LogP contribution in [0.2, 0.25) is 0 Å². The molecule has 0 unspecified atom stereocenters. The number of alkyl carbamates (subject to hydrolysis) is 1. The Balaban J connectivity index is 1.61. The van der Waals surface area contributed by atoms with E-state index in [9.17, 15) is 9.59 Å². The van der Waals surface area contributed by atoms with Gasteiger partial charge in [-0.2, -0.15) is 0 Å². The van der Waals surface area contributed by atoms with Gasteiger partial charge in [-0.15, -0.1) is 0 Å². The number of hydrogen-bond donors (Lipinski definition) is 3. The van der Waals surface area contributed by atoms with E-state index < -0.39 is 12.1 Å². The number of hydrogen-bond acceptors (Lipinski definition) is 5. The monoisotopic (exact) mass is 435 g/mol. The van der Waals surface area contributed by atoms with E-state index in [0.29, 0.717) is 12.1 Å². The molecule has 32 heavy (non-hydrogen) atoms. The topological polar surface area (TPSA) is 92.5 Å². The number of ether oxygens (including phenoxy) is 2. The zero-order chi connectivity index (χ0) is 22.9. The number of aromatic nitrogens is 1. The van der Waals surface area contributed by atoms with Gasteiger partial charge in [-0.25, -0.2) is 4.79 Å². The molecule has 3 aromatic rings. The van der Waals surface area contributed by atoms with E-state index in [2.05, 4.69) is 15.6 Å². The number of rotatable bonds is 9. The predicted molar refractivity (Wildman–Crippen MR) is 124 cm³/mol. The van der Waals surface area contributed by atoms with Crippen LogP contribution in [0.1, 0.15) is 25.0 Å². The number of methoxy groups -OCH3 is 1. The summed E-state index contributed by atoms with van der Waals surface area (Å²) in [7, 11) is 1.37. The molecule has 7 nitrogen and oxygen atoms in total. The average Bonchev–Trinajstić information content (AvgIpc) is 3.22. The normalized spacial score (nSPS) is 11.6. The molecule has 0 aliphatic heterocycles. The van der Waals surface area contributed by atoms with Crippen molar-refractivity contribution >= 4 is 23.0 Å². The zero-order valence-electron chi connectivity index (χ0n) is 18.6. The maximum Gasteiger partial charge on any atom is 0.411 e. The number of para-hydroxylation sites is 1. The third-order valence-corrected chi connectivity index (χ3v) is 5.18. The molecule has 3 N–H and O–H groups in total. The van der Waals surface area contributed by atoms with Crippen molar-refractivity contribution in [3.8, 4) is 0 Å². The van der Waals surface area contributed by atoms with Crippen LogP contribution in [-0.2, 0) is 27.3 Å². The lowest BCUT2D eigenvalue weighted by Gasteiger charge is -2.19. The second-order valence-electron chi connectivity index (χ2n) is 7.69. The van der Waals surface area contributed by atoms with E-state index in [4.69, 9.17) is 9.47 Å². The highest BCUT2D eigenvalue weighted by Crippen LogP contribution is 2.19. The van der Waals surface area contributed by atoms with Crippen LogP contribution < -0.4 is 10.6 Å². The van der Waals surface area contributed by atoms with Gasteiger partial charge >= 0.3 is 12.1 Å². The summed E-state index contributed by atoms with van der Waals surface area (Å²) < 4.78 is 10.3. The molecular weight excluding hydrogens is 406 g/mol. The van der Waals surface area contributed by atoms with E-state index >= 15 is 0 Å². The Labute approximate surface area is 187 Å². The van der Waals surface area contributed by atoms with Gasteiger partial charge in [-0.3, -0.25) is 15.4 Å². The summed E-state index contributed by atoms with van der Waals surface area (Å²) >= 11 is 0. The van der Waals surface area contributed by atoms with Crippen molar-refractivity contribution in [1.82, 2.24) is 15.6 Å². The first kappa shape index (κ1) is 23.1. The molecule has 2 aromatic carbocycles. The lowest BCUT2D eigenvalue weighted by Crippen LogP contribution is -2.42. The second-order valence-corrected chi connectivity index (χ2v) is 7.69. The maximum atomic E-state index is 12.4. The largest absolute Gasteiger partial charge is 0.468 e. The summed E-state index contributed by atoms with van der Waals surface area (Å²) in [5.74, 6) is -0.366. The minimum absolute atomic E-state index is 0.182. The number of carbonyl (C=O) groups is 2. The van der Waals surface area contributed by atoms with Crippen molar-refractivity contribution in [1.29, 1.82) is 0 Å². The van der Waals surface area contributed by atoms with Crippen LogP contribution >= 0.6 is 0 Å². The number of esters is 1. The number of fused-ring (bicyclic) bond motifs is 1. The van der Waals surface area contributed by atoms with E-state index in [0.717, 1.165) is 27.6 Å². The average molecular weight is 436 g/mol. The Hall–Kier alpha value is -3.58. The summed E-state index contributed by atoms with van der Waals surface area (Å²) in [6.45, 7) is 4.25. The van der Waals surface area contributed by atoms with Crippen LogP contribution in [0, 0.1) is 0 Å². The Morgan fingerprint density at radius 1 is 1.03 bits per heavy atom. The van der Waals surface area contributed by atoms with E-state index in [-0.39, 0.29) is 19.1 Å². The lowest BCUT2D eigenvalue weighted by atomic mass is 10.0. The number of amides is 1. The van der Waals surface area contributed by atoms with Crippen molar-refractivity contribution in [3.63, 3.8) is 0 Å². The molecule has 1 heterocycles. The fraction of sp³-hybridized carbons (Fsp3) is 0.280. The fourth-order valence-electron chi connectivity index (χ4n) is 3.36. The fourth-order valence-corrected chi connectivity index (χ4v) is 3.36. The molecule has 0 fully saturated rings. The standard InChI is InChI=1S/C25H29N3O4/c1-17(2)23(28-25(30)32-16-18-9-5-4-6-10-18)15-27-22(24(29)31-3)13-19-14-26-21-12-8-7-11-20(19)21/h4-12,14,22,26-27H,13,15-16H2,1-3H3,(H,28,30)/t22-/m0/s1. The number of nitrogens with one attached hydrogen (secondary N) is 3. The highest BCUT2D eigenvalue weighted by atomic mass is 16.5. The molecule has 0 saturated heterocycles. The number of aromatic amines is 1. The van der Waals surface area contributed by atoms with Crippen molar-refractivity contribution in [2.75, 3.05) is 13.7 Å². The first-order valence-corrected chi connectivity index (χ1v) is 10.5. The smallest absolute Gasteiger partial charge is 0.411 e. The molecule has 0 radical (unpaired) electrons. The van der Waals surface area contributed by atoms with Crippen LogP contribution in [0.25, 0.3) is 10.9 Å². The molecule has 0 spiro atoms. The van der Waals surface area contributed by atoms with Crippen LogP contribution in [0.3, 0.4) is 0 Å². The van der Waals surface area contributed by atoms with Crippen molar-refractivity contribution < 1.29 is 19.1 Å². The van der Waals surface area contributed by atoms with Gasteiger partial charge in [-0.1, -0.05) is 54.1 Å². The van der Waals surface area contributed by atoms with Crippen molar-refractivity contribution in [2.24, 2.45) is 0 Å². The summed E-state index contributed by atoms with van der Waals surface area (Å²) in [4.78, 5) is 27.9. The molecule has 0 aliphatic rings. The number of benzene rings is 2. The molecular formula is C25H29N3O4. The predicted octanol–water partition coefficient (Wildman–Crippen LogP) is 4.06. The molecule has 1 atom stereocenters. The molecule has 0 aliphatic carbocycles.